The number of halogens is 3. The molecule has 0 aliphatic rings. The first kappa shape index (κ1) is 16.7. The maximum Gasteiger partial charge on any atom is 0.238 e. The van der Waals surface area contributed by atoms with E-state index in [-0.39, 0.29) is 23.5 Å². The van der Waals surface area contributed by atoms with E-state index in [9.17, 15) is 9.18 Å². The van der Waals surface area contributed by atoms with E-state index in [4.69, 9.17) is 23.2 Å². The molecule has 0 unspecified atom stereocenters. The predicted molar refractivity (Wildman–Crippen MR) is 87.9 cm³/mol. The van der Waals surface area contributed by atoms with Crippen LogP contribution >= 0.6 is 23.2 Å². The second-order valence-electron chi connectivity index (χ2n) is 4.83. The first-order valence-corrected chi connectivity index (χ1v) is 7.45. The van der Waals surface area contributed by atoms with Gasteiger partial charge in [0.05, 0.1) is 17.3 Å². The van der Waals surface area contributed by atoms with E-state index < -0.39 is 5.82 Å². The van der Waals surface area contributed by atoms with E-state index in [1.807, 2.05) is 19.1 Å². The predicted octanol–water partition coefficient (Wildman–Crippen LogP) is 4.42. The van der Waals surface area contributed by atoms with Gasteiger partial charge in [-0.3, -0.25) is 4.79 Å². The Hall–Kier alpha value is -1.62. The smallest absolute Gasteiger partial charge is 0.238 e. The number of nitrogens with one attached hydrogen (secondary N) is 2. The summed E-state index contributed by atoms with van der Waals surface area (Å²) in [4.78, 5) is 11.9. The Bertz CT molecular complexity index is 662. The third-order valence-electron chi connectivity index (χ3n) is 3.14. The van der Waals surface area contributed by atoms with Crippen molar-refractivity contribution in [2.75, 3.05) is 11.9 Å². The highest BCUT2D eigenvalue weighted by atomic mass is 35.5. The van der Waals surface area contributed by atoms with Gasteiger partial charge in [-0.05, 0) is 42.8 Å². The van der Waals surface area contributed by atoms with Crippen LogP contribution in [0.15, 0.2) is 42.5 Å². The van der Waals surface area contributed by atoms with E-state index in [1.165, 1.54) is 12.1 Å². The van der Waals surface area contributed by atoms with Crippen molar-refractivity contribution >= 4 is 34.8 Å². The van der Waals surface area contributed by atoms with Gasteiger partial charge >= 0.3 is 0 Å². The Morgan fingerprint density at radius 3 is 2.50 bits per heavy atom. The van der Waals surface area contributed by atoms with Gasteiger partial charge in [-0.1, -0.05) is 35.3 Å². The number of benzene rings is 2. The van der Waals surface area contributed by atoms with Gasteiger partial charge in [0.1, 0.15) is 5.82 Å². The Kier molecular flexibility index (Phi) is 5.77. The minimum atomic E-state index is -0.447. The minimum absolute atomic E-state index is 0.00768. The topological polar surface area (TPSA) is 41.1 Å². The normalized spacial score (nSPS) is 12.0. The number of anilines is 1. The van der Waals surface area contributed by atoms with Gasteiger partial charge in [0.2, 0.25) is 5.91 Å². The van der Waals surface area contributed by atoms with Crippen LogP contribution in [0.3, 0.4) is 0 Å². The van der Waals surface area contributed by atoms with Crippen molar-refractivity contribution in [2.45, 2.75) is 13.0 Å². The molecule has 2 rings (SSSR count). The maximum absolute atomic E-state index is 12.9. The molecular weight excluding hydrogens is 326 g/mol. The van der Waals surface area contributed by atoms with Crippen LogP contribution < -0.4 is 10.6 Å². The fourth-order valence-electron chi connectivity index (χ4n) is 1.90. The van der Waals surface area contributed by atoms with E-state index in [2.05, 4.69) is 10.6 Å². The largest absolute Gasteiger partial charge is 0.324 e. The fourth-order valence-corrected chi connectivity index (χ4v) is 2.24. The summed E-state index contributed by atoms with van der Waals surface area (Å²) in [6.45, 7) is 2.05. The molecule has 0 saturated heterocycles. The summed E-state index contributed by atoms with van der Waals surface area (Å²) in [6.07, 6.45) is 0. The Labute approximate surface area is 138 Å². The number of carbonyl (C=O) groups excluding carboxylic acids is 1. The van der Waals surface area contributed by atoms with Crippen LogP contribution in [0, 0.1) is 5.82 Å². The molecule has 0 saturated carbocycles. The highest BCUT2D eigenvalue weighted by molar-refractivity contribution is 6.33. The second-order valence-corrected chi connectivity index (χ2v) is 5.67. The molecule has 3 nitrogen and oxygen atoms in total. The monoisotopic (exact) mass is 340 g/mol. The molecule has 0 aliphatic heterocycles. The summed E-state index contributed by atoms with van der Waals surface area (Å²) >= 11 is 11.7. The molecule has 0 spiro atoms. The van der Waals surface area contributed by atoms with Crippen molar-refractivity contribution in [3.8, 4) is 0 Å². The molecular formula is C16H15Cl2FN2O. The van der Waals surface area contributed by atoms with E-state index in [1.54, 1.807) is 12.1 Å². The van der Waals surface area contributed by atoms with E-state index in [0.717, 1.165) is 11.6 Å². The van der Waals surface area contributed by atoms with E-state index in [0.29, 0.717) is 10.7 Å². The SMILES string of the molecule is C[C@@H](NCC(=O)Nc1ccc(F)cc1Cl)c1ccc(Cl)cc1. The van der Waals surface area contributed by atoms with Crippen LogP contribution in [-0.4, -0.2) is 12.5 Å². The lowest BCUT2D eigenvalue weighted by Gasteiger charge is -2.14. The van der Waals surface area contributed by atoms with Gasteiger partial charge in [0.25, 0.3) is 0 Å². The molecule has 2 aromatic carbocycles. The molecule has 0 aliphatic carbocycles. The number of carbonyl (C=O) groups is 1. The third kappa shape index (κ3) is 4.70. The van der Waals surface area contributed by atoms with Gasteiger partial charge in [-0.2, -0.15) is 0 Å². The Morgan fingerprint density at radius 1 is 1.18 bits per heavy atom. The number of hydrogen-bond acceptors (Lipinski definition) is 2. The van der Waals surface area contributed by atoms with Crippen molar-refractivity contribution in [3.05, 3.63) is 63.9 Å². The van der Waals surface area contributed by atoms with Gasteiger partial charge in [-0.15, -0.1) is 0 Å². The zero-order valence-electron chi connectivity index (χ0n) is 11.9. The quantitative estimate of drug-likeness (QED) is 0.845. The molecule has 1 atom stereocenters. The summed E-state index contributed by atoms with van der Waals surface area (Å²) in [6, 6.07) is 11.2. The lowest BCUT2D eigenvalue weighted by Crippen LogP contribution is -2.30. The molecule has 2 aromatic rings. The molecule has 1 amide bonds. The van der Waals surface area contributed by atoms with Crippen LogP contribution in [0.1, 0.15) is 18.5 Å². The Morgan fingerprint density at radius 2 is 1.86 bits per heavy atom. The van der Waals surface area contributed by atoms with Crippen LogP contribution in [0.2, 0.25) is 10.0 Å². The highest BCUT2D eigenvalue weighted by Crippen LogP contribution is 2.22. The fraction of sp³-hybridized carbons (Fsp3) is 0.188. The van der Waals surface area contributed by atoms with Crippen molar-refractivity contribution in [2.24, 2.45) is 0 Å². The van der Waals surface area contributed by atoms with Crippen LogP contribution in [0.5, 0.6) is 0 Å². The number of rotatable bonds is 5. The molecule has 22 heavy (non-hydrogen) atoms. The lowest BCUT2D eigenvalue weighted by atomic mass is 10.1. The molecule has 0 fully saturated rings. The zero-order valence-corrected chi connectivity index (χ0v) is 13.4. The van der Waals surface area contributed by atoms with Gasteiger partial charge < -0.3 is 10.6 Å². The first-order valence-electron chi connectivity index (χ1n) is 6.69. The summed E-state index contributed by atoms with van der Waals surface area (Å²) in [5.41, 5.74) is 1.41. The van der Waals surface area contributed by atoms with Crippen molar-refractivity contribution < 1.29 is 9.18 Å². The molecule has 116 valence electrons. The second kappa shape index (κ2) is 7.58. The summed E-state index contributed by atoms with van der Waals surface area (Å²) < 4.78 is 12.9. The van der Waals surface area contributed by atoms with Crippen LogP contribution in [0.25, 0.3) is 0 Å². The standard InChI is InChI=1S/C16H15Cl2FN2O/c1-10(11-2-4-12(17)5-3-11)20-9-16(22)21-15-7-6-13(19)8-14(15)18/h2-8,10,20H,9H2,1H3,(H,21,22)/t10-/m1/s1. The van der Waals surface area contributed by atoms with Gasteiger partial charge in [-0.25, -0.2) is 4.39 Å². The number of amides is 1. The Balaban J connectivity index is 1.88. The first-order chi connectivity index (χ1) is 10.5. The maximum atomic E-state index is 12.9. The van der Waals surface area contributed by atoms with Crippen LogP contribution in [0.4, 0.5) is 10.1 Å². The average Bonchev–Trinajstić information content (AvgIpc) is 2.48. The highest BCUT2D eigenvalue weighted by Gasteiger charge is 2.10. The van der Waals surface area contributed by atoms with Gasteiger partial charge in [0.15, 0.2) is 0 Å². The van der Waals surface area contributed by atoms with E-state index >= 15 is 0 Å². The molecule has 6 heteroatoms. The average molecular weight is 341 g/mol. The molecule has 2 N–H and O–H groups in total. The summed E-state index contributed by atoms with van der Waals surface area (Å²) in [5.74, 6) is -0.702. The minimum Gasteiger partial charge on any atom is -0.324 e. The van der Waals surface area contributed by atoms with Crippen molar-refractivity contribution in [1.29, 1.82) is 0 Å². The third-order valence-corrected chi connectivity index (χ3v) is 3.71. The molecule has 0 radical (unpaired) electrons. The lowest BCUT2D eigenvalue weighted by molar-refractivity contribution is -0.115. The molecule has 0 bridgehead atoms. The van der Waals surface area contributed by atoms with Gasteiger partial charge in [0, 0.05) is 11.1 Å². The molecule has 0 heterocycles. The van der Waals surface area contributed by atoms with Crippen molar-refractivity contribution in [1.82, 2.24) is 5.32 Å². The van der Waals surface area contributed by atoms with Crippen LogP contribution in [-0.2, 0) is 4.79 Å². The summed E-state index contributed by atoms with van der Waals surface area (Å²) in [5, 5.41) is 6.56. The zero-order chi connectivity index (χ0) is 16.1. The summed E-state index contributed by atoms with van der Waals surface area (Å²) in [7, 11) is 0. The number of hydrogen-bond donors (Lipinski definition) is 2. The molecule has 0 aromatic heterocycles. The van der Waals surface area contributed by atoms with Crippen molar-refractivity contribution in [3.63, 3.8) is 0 Å².